The Morgan fingerprint density at radius 3 is 2.52 bits per heavy atom. The molecule has 2 N–H and O–H groups in total. The average Bonchev–Trinajstić information content (AvgIpc) is 3.38. The number of benzene rings is 2. The first-order valence-electron chi connectivity index (χ1n) is 10.6. The highest BCUT2D eigenvalue weighted by atomic mass is 16.6. The van der Waals surface area contributed by atoms with Crippen LogP contribution in [0.15, 0.2) is 42.5 Å². The Labute approximate surface area is 189 Å². The topological polar surface area (TPSA) is 131 Å². The second kappa shape index (κ2) is 7.11. The van der Waals surface area contributed by atoms with Crippen LogP contribution in [0, 0.1) is 27.9 Å². The number of non-ortho nitro benzene ring substituents is 1. The van der Waals surface area contributed by atoms with E-state index in [9.17, 15) is 24.5 Å². The SMILES string of the molecule is COc1ccc([N+](=O)[O-])cc1N1C(=O)[C@@H]2[C@H](C(C)C)N[C@@]3(C(=O)Nc4ccccc43)[C@H]2C1=O. The largest absolute Gasteiger partial charge is 0.495 e. The van der Waals surface area contributed by atoms with Crippen molar-refractivity contribution in [3.63, 3.8) is 0 Å². The van der Waals surface area contributed by atoms with Crippen LogP contribution in [0.5, 0.6) is 5.75 Å². The zero-order chi connectivity index (χ0) is 23.7. The molecule has 0 bridgehead atoms. The van der Waals surface area contributed by atoms with Crippen LogP contribution in [-0.2, 0) is 19.9 Å². The standard InChI is InChI=1S/C23H22N4O6/c1-11(2)19-17-18(23(25-19)13-6-4-5-7-14(13)24-22(23)30)21(29)26(20(17)28)15-10-12(27(31)32)8-9-16(15)33-3/h4-11,17-19,25H,1-3H3,(H,24,30)/t17-,18+,19-,23+/m0/s1. The lowest BCUT2D eigenvalue weighted by Crippen LogP contribution is -2.54. The molecule has 2 saturated heterocycles. The molecule has 170 valence electrons. The smallest absolute Gasteiger partial charge is 0.271 e. The fraction of sp³-hybridized carbons (Fsp3) is 0.348. The molecule has 10 heteroatoms. The Morgan fingerprint density at radius 1 is 1.12 bits per heavy atom. The third-order valence-corrected chi connectivity index (χ3v) is 6.89. The van der Waals surface area contributed by atoms with E-state index in [0.29, 0.717) is 11.3 Å². The van der Waals surface area contributed by atoms with Crippen LogP contribution < -0.4 is 20.3 Å². The number of hydrogen-bond donors (Lipinski definition) is 2. The number of rotatable bonds is 4. The summed E-state index contributed by atoms with van der Waals surface area (Å²) < 4.78 is 5.32. The number of nitro groups is 1. The second-order valence-corrected chi connectivity index (χ2v) is 8.85. The van der Waals surface area contributed by atoms with Gasteiger partial charge in [-0.1, -0.05) is 32.0 Å². The lowest BCUT2D eigenvalue weighted by molar-refractivity contribution is -0.384. The summed E-state index contributed by atoms with van der Waals surface area (Å²) in [5, 5.41) is 17.6. The van der Waals surface area contributed by atoms with Gasteiger partial charge in [-0.25, -0.2) is 4.90 Å². The number of methoxy groups -OCH3 is 1. The zero-order valence-electron chi connectivity index (χ0n) is 18.2. The molecule has 2 fully saturated rings. The zero-order valence-corrected chi connectivity index (χ0v) is 18.2. The molecule has 0 aliphatic carbocycles. The Bertz CT molecular complexity index is 1230. The molecule has 33 heavy (non-hydrogen) atoms. The summed E-state index contributed by atoms with van der Waals surface area (Å²) in [5.41, 5.74) is -0.487. The molecule has 0 saturated carbocycles. The van der Waals surface area contributed by atoms with Gasteiger partial charge in [0.15, 0.2) is 0 Å². The van der Waals surface area contributed by atoms with Gasteiger partial charge < -0.3 is 10.1 Å². The van der Waals surface area contributed by atoms with E-state index in [-0.39, 0.29) is 23.0 Å². The van der Waals surface area contributed by atoms with Gasteiger partial charge in [0.25, 0.3) is 5.69 Å². The monoisotopic (exact) mass is 450 g/mol. The summed E-state index contributed by atoms with van der Waals surface area (Å²) >= 11 is 0. The summed E-state index contributed by atoms with van der Waals surface area (Å²) in [6.07, 6.45) is 0. The predicted octanol–water partition coefficient (Wildman–Crippen LogP) is 2.18. The lowest BCUT2D eigenvalue weighted by Gasteiger charge is -2.30. The molecule has 5 rings (SSSR count). The molecule has 0 aromatic heterocycles. The van der Waals surface area contributed by atoms with Crippen molar-refractivity contribution in [1.82, 2.24) is 5.32 Å². The van der Waals surface area contributed by atoms with E-state index in [1.807, 2.05) is 13.8 Å². The normalized spacial score (nSPS) is 27.8. The summed E-state index contributed by atoms with van der Waals surface area (Å²) in [6, 6.07) is 10.4. The van der Waals surface area contributed by atoms with Gasteiger partial charge in [-0.2, -0.15) is 0 Å². The minimum Gasteiger partial charge on any atom is -0.495 e. The van der Waals surface area contributed by atoms with Gasteiger partial charge in [0, 0.05) is 29.4 Å². The van der Waals surface area contributed by atoms with Crippen molar-refractivity contribution < 1.29 is 24.0 Å². The van der Waals surface area contributed by atoms with Crippen LogP contribution >= 0.6 is 0 Å². The third-order valence-electron chi connectivity index (χ3n) is 6.89. The minimum atomic E-state index is -1.41. The number of imide groups is 1. The molecular weight excluding hydrogens is 428 g/mol. The Kier molecular flexibility index (Phi) is 4.54. The van der Waals surface area contributed by atoms with Crippen molar-refractivity contribution in [2.24, 2.45) is 17.8 Å². The predicted molar refractivity (Wildman–Crippen MR) is 118 cm³/mol. The number of carbonyl (C=O) groups excluding carboxylic acids is 3. The van der Waals surface area contributed by atoms with Crippen LogP contribution in [0.25, 0.3) is 0 Å². The number of fused-ring (bicyclic) bond motifs is 4. The summed E-state index contributed by atoms with van der Waals surface area (Å²) in [6.45, 7) is 3.84. The molecule has 0 radical (unpaired) electrons. The average molecular weight is 450 g/mol. The highest BCUT2D eigenvalue weighted by Crippen LogP contribution is 2.55. The van der Waals surface area contributed by atoms with Crippen LogP contribution in [-0.4, -0.2) is 35.8 Å². The number of nitro benzene ring substituents is 1. The number of ether oxygens (including phenoxy) is 1. The van der Waals surface area contributed by atoms with Crippen molar-refractivity contribution in [2.45, 2.75) is 25.4 Å². The first-order chi connectivity index (χ1) is 15.7. The molecule has 3 aliphatic rings. The Morgan fingerprint density at radius 2 is 1.85 bits per heavy atom. The summed E-state index contributed by atoms with van der Waals surface area (Å²) in [7, 11) is 1.36. The maximum atomic E-state index is 13.9. The van der Waals surface area contributed by atoms with Crippen LogP contribution in [0.4, 0.5) is 17.1 Å². The van der Waals surface area contributed by atoms with Crippen molar-refractivity contribution >= 4 is 34.8 Å². The molecule has 2 aromatic carbocycles. The number of hydrogen-bond acceptors (Lipinski definition) is 7. The van der Waals surface area contributed by atoms with Gasteiger partial charge in [0.1, 0.15) is 17.0 Å². The third kappa shape index (κ3) is 2.67. The molecule has 0 unspecified atom stereocenters. The molecule has 3 amide bonds. The van der Waals surface area contributed by atoms with E-state index >= 15 is 0 Å². The highest BCUT2D eigenvalue weighted by Gasteiger charge is 2.71. The van der Waals surface area contributed by atoms with Crippen molar-refractivity contribution in [2.75, 3.05) is 17.3 Å². The van der Waals surface area contributed by atoms with E-state index in [0.717, 1.165) is 11.0 Å². The fourth-order valence-electron chi connectivity index (χ4n) is 5.47. The number of amides is 3. The Hall–Kier alpha value is -3.79. The molecular formula is C23H22N4O6. The fourth-order valence-corrected chi connectivity index (χ4v) is 5.47. The Balaban J connectivity index is 1.70. The van der Waals surface area contributed by atoms with E-state index in [2.05, 4.69) is 10.6 Å². The van der Waals surface area contributed by atoms with Gasteiger partial charge in [0.2, 0.25) is 17.7 Å². The van der Waals surface area contributed by atoms with Crippen molar-refractivity contribution in [3.8, 4) is 5.75 Å². The summed E-state index contributed by atoms with van der Waals surface area (Å²) in [5.74, 6) is -3.24. The molecule has 4 atom stereocenters. The molecule has 3 aliphatic heterocycles. The number of nitrogens with one attached hydrogen (secondary N) is 2. The molecule has 10 nitrogen and oxygen atoms in total. The van der Waals surface area contributed by atoms with E-state index in [1.54, 1.807) is 24.3 Å². The van der Waals surface area contributed by atoms with Crippen LogP contribution in [0.3, 0.4) is 0 Å². The second-order valence-electron chi connectivity index (χ2n) is 8.85. The minimum absolute atomic E-state index is 0.000413. The number of para-hydroxylation sites is 1. The first-order valence-corrected chi connectivity index (χ1v) is 10.6. The molecule has 3 heterocycles. The van der Waals surface area contributed by atoms with Crippen LogP contribution in [0.1, 0.15) is 19.4 Å². The summed E-state index contributed by atoms with van der Waals surface area (Å²) in [4.78, 5) is 52.7. The number of anilines is 2. The van der Waals surface area contributed by atoms with Gasteiger partial charge in [0.05, 0.1) is 23.9 Å². The van der Waals surface area contributed by atoms with Crippen molar-refractivity contribution in [3.05, 3.63) is 58.1 Å². The number of nitrogens with zero attached hydrogens (tertiary/aromatic N) is 2. The van der Waals surface area contributed by atoms with Crippen molar-refractivity contribution in [1.29, 1.82) is 0 Å². The van der Waals surface area contributed by atoms with Gasteiger partial charge in [-0.3, -0.25) is 29.8 Å². The van der Waals surface area contributed by atoms with E-state index in [1.165, 1.54) is 19.2 Å². The molecule has 1 spiro atoms. The maximum absolute atomic E-state index is 13.9. The van der Waals surface area contributed by atoms with Gasteiger partial charge in [-0.15, -0.1) is 0 Å². The first kappa shape index (κ1) is 21.1. The highest BCUT2D eigenvalue weighted by molar-refractivity contribution is 6.26. The van der Waals surface area contributed by atoms with E-state index in [4.69, 9.17) is 4.74 Å². The maximum Gasteiger partial charge on any atom is 0.271 e. The number of carbonyl (C=O) groups is 3. The lowest BCUT2D eigenvalue weighted by atomic mass is 9.76. The quantitative estimate of drug-likeness (QED) is 0.415. The van der Waals surface area contributed by atoms with Gasteiger partial charge >= 0.3 is 0 Å². The van der Waals surface area contributed by atoms with E-state index < -0.39 is 46.1 Å². The van der Waals surface area contributed by atoms with Gasteiger partial charge in [-0.05, 0) is 18.1 Å². The molecule has 2 aromatic rings. The van der Waals surface area contributed by atoms with Crippen LogP contribution in [0.2, 0.25) is 0 Å².